The number of benzene rings is 3. The Morgan fingerprint density at radius 1 is 0.833 bits per heavy atom. The zero-order valence-corrected chi connectivity index (χ0v) is 23.8. The normalized spacial score (nSPS) is 18.5. The SMILES string of the molecule is CC1(C)c2cc(C3=CC(c4ccccn4)=NC(C4=CCCC=C4)N3)ccc2-c2ccccc2-c2cc3occc3cc21. The van der Waals surface area contributed by atoms with Crippen molar-refractivity contribution in [1.82, 2.24) is 10.3 Å². The maximum Gasteiger partial charge on any atom is 0.145 e. The van der Waals surface area contributed by atoms with Crippen LogP contribution in [0.4, 0.5) is 0 Å². The molecule has 3 heterocycles. The van der Waals surface area contributed by atoms with E-state index in [1.54, 1.807) is 6.26 Å². The molecule has 0 spiro atoms. The molecule has 0 bridgehead atoms. The van der Waals surface area contributed by atoms with Crippen molar-refractivity contribution in [2.45, 2.75) is 38.3 Å². The van der Waals surface area contributed by atoms with Gasteiger partial charge in [0.05, 0.1) is 17.7 Å². The van der Waals surface area contributed by atoms with Crippen LogP contribution in [0.25, 0.3) is 38.9 Å². The molecule has 1 atom stereocenters. The Labute approximate surface area is 245 Å². The number of nitrogens with zero attached hydrogens (tertiary/aromatic N) is 2. The maximum atomic E-state index is 5.85. The number of furan rings is 1. The number of hydrogen-bond acceptors (Lipinski definition) is 4. The Kier molecular flexibility index (Phi) is 5.65. The van der Waals surface area contributed by atoms with Gasteiger partial charge in [0.1, 0.15) is 11.7 Å². The van der Waals surface area contributed by atoms with Gasteiger partial charge in [-0.05, 0) is 99.8 Å². The van der Waals surface area contributed by atoms with E-state index in [1.807, 2.05) is 24.4 Å². The third-order valence-corrected chi connectivity index (χ3v) is 8.89. The minimum absolute atomic E-state index is 0.166. The molecule has 0 radical (unpaired) electrons. The standard InChI is InChI=1S/C38H31N3O/c1-38(2)31-20-25(34-23-35(33-14-8-9-18-39-33)41-37(40-34)24-10-4-3-5-11-24)15-16-29(31)27-12-6-7-13-28(27)30-22-36-26(17-19-42-36)21-32(30)38/h4,6-23,37,40H,3,5H2,1-2H3. The number of fused-ring (bicyclic) bond motifs is 6. The van der Waals surface area contributed by atoms with Gasteiger partial charge in [-0.1, -0.05) is 74.5 Å². The summed E-state index contributed by atoms with van der Waals surface area (Å²) in [6, 6.07) is 28.3. The number of aliphatic imine (C=N–C) groups is 1. The number of aromatic nitrogens is 1. The Morgan fingerprint density at radius 2 is 1.67 bits per heavy atom. The summed E-state index contributed by atoms with van der Waals surface area (Å²) in [5.74, 6) is 0. The molecule has 204 valence electrons. The van der Waals surface area contributed by atoms with E-state index in [4.69, 9.17) is 9.41 Å². The van der Waals surface area contributed by atoms with Crippen molar-refractivity contribution in [2.75, 3.05) is 0 Å². The summed E-state index contributed by atoms with van der Waals surface area (Å²) < 4.78 is 5.85. The van der Waals surface area contributed by atoms with Crippen LogP contribution in [0.1, 0.15) is 49.1 Å². The van der Waals surface area contributed by atoms with Gasteiger partial charge in [0.25, 0.3) is 0 Å². The van der Waals surface area contributed by atoms with E-state index in [-0.39, 0.29) is 11.6 Å². The second-order valence-electron chi connectivity index (χ2n) is 11.8. The number of pyridine rings is 1. The minimum atomic E-state index is -0.258. The molecule has 3 aliphatic rings. The average Bonchev–Trinajstić information content (AvgIpc) is 3.50. The smallest absolute Gasteiger partial charge is 0.145 e. The highest BCUT2D eigenvalue weighted by Gasteiger charge is 2.34. The minimum Gasteiger partial charge on any atom is -0.464 e. The molecule has 0 fully saturated rings. The van der Waals surface area contributed by atoms with Gasteiger partial charge in [-0.3, -0.25) is 9.98 Å². The van der Waals surface area contributed by atoms with Crippen LogP contribution in [0, 0.1) is 0 Å². The van der Waals surface area contributed by atoms with Crippen molar-refractivity contribution in [3.8, 4) is 22.3 Å². The van der Waals surface area contributed by atoms with Crippen LogP contribution >= 0.6 is 0 Å². The molecular formula is C38H31N3O. The fraction of sp³-hybridized carbons (Fsp3) is 0.158. The summed E-state index contributed by atoms with van der Waals surface area (Å²) in [4.78, 5) is 9.74. The van der Waals surface area contributed by atoms with E-state index in [2.05, 4.69) is 109 Å². The van der Waals surface area contributed by atoms with Gasteiger partial charge in [0.2, 0.25) is 0 Å². The van der Waals surface area contributed by atoms with Crippen LogP contribution in [0.3, 0.4) is 0 Å². The van der Waals surface area contributed by atoms with Gasteiger partial charge in [-0.25, -0.2) is 0 Å². The van der Waals surface area contributed by atoms with Gasteiger partial charge < -0.3 is 9.73 Å². The lowest BCUT2D eigenvalue weighted by atomic mass is 9.74. The first-order valence-corrected chi connectivity index (χ1v) is 14.7. The fourth-order valence-electron chi connectivity index (χ4n) is 6.66. The molecule has 1 N–H and O–H groups in total. The highest BCUT2D eigenvalue weighted by atomic mass is 16.3. The van der Waals surface area contributed by atoms with Crippen molar-refractivity contribution in [1.29, 1.82) is 0 Å². The summed E-state index contributed by atoms with van der Waals surface area (Å²) >= 11 is 0. The highest BCUT2D eigenvalue weighted by molar-refractivity contribution is 6.12. The monoisotopic (exact) mass is 545 g/mol. The van der Waals surface area contributed by atoms with Crippen LogP contribution < -0.4 is 5.32 Å². The van der Waals surface area contributed by atoms with Crippen molar-refractivity contribution in [2.24, 2.45) is 4.99 Å². The largest absolute Gasteiger partial charge is 0.464 e. The molecular weight excluding hydrogens is 514 g/mol. The molecule has 4 nitrogen and oxygen atoms in total. The van der Waals surface area contributed by atoms with Gasteiger partial charge in [0, 0.05) is 22.7 Å². The molecule has 1 aliphatic heterocycles. The number of rotatable bonds is 3. The Balaban J connectivity index is 1.31. The molecule has 8 rings (SSSR count). The number of allylic oxidation sites excluding steroid dienone is 3. The van der Waals surface area contributed by atoms with Crippen LogP contribution in [-0.4, -0.2) is 16.9 Å². The summed E-state index contributed by atoms with van der Waals surface area (Å²) in [5, 5.41) is 4.89. The van der Waals surface area contributed by atoms with Crippen molar-refractivity contribution in [3.05, 3.63) is 144 Å². The van der Waals surface area contributed by atoms with Crippen molar-refractivity contribution < 1.29 is 4.42 Å². The van der Waals surface area contributed by atoms with Gasteiger partial charge in [-0.15, -0.1) is 0 Å². The van der Waals surface area contributed by atoms with E-state index in [1.165, 1.54) is 39.0 Å². The first kappa shape index (κ1) is 24.8. The Hall–Kier alpha value is -4.96. The quantitative estimate of drug-likeness (QED) is 0.246. The molecule has 0 saturated heterocycles. The predicted molar refractivity (Wildman–Crippen MR) is 171 cm³/mol. The highest BCUT2D eigenvalue weighted by Crippen LogP contribution is 2.50. The topological polar surface area (TPSA) is 50.4 Å². The first-order chi connectivity index (χ1) is 20.6. The zero-order valence-electron chi connectivity index (χ0n) is 23.8. The Bertz CT molecular complexity index is 1990. The molecule has 0 amide bonds. The van der Waals surface area contributed by atoms with E-state index in [9.17, 15) is 0 Å². The van der Waals surface area contributed by atoms with Crippen LogP contribution in [0.5, 0.6) is 0 Å². The van der Waals surface area contributed by atoms with Crippen LogP contribution in [-0.2, 0) is 5.41 Å². The van der Waals surface area contributed by atoms with Gasteiger partial charge >= 0.3 is 0 Å². The molecule has 2 aromatic heterocycles. The lowest BCUT2D eigenvalue weighted by Crippen LogP contribution is -2.33. The molecule has 2 aliphatic carbocycles. The molecule has 3 aromatic carbocycles. The summed E-state index contributed by atoms with van der Waals surface area (Å²) in [6.07, 6.45) is 14.4. The van der Waals surface area contributed by atoms with Crippen molar-refractivity contribution in [3.63, 3.8) is 0 Å². The summed E-state index contributed by atoms with van der Waals surface area (Å²) in [7, 11) is 0. The first-order valence-electron chi connectivity index (χ1n) is 14.7. The molecule has 42 heavy (non-hydrogen) atoms. The predicted octanol–water partition coefficient (Wildman–Crippen LogP) is 8.84. The lowest BCUT2D eigenvalue weighted by molar-refractivity contribution is 0.614. The van der Waals surface area contributed by atoms with E-state index in [0.29, 0.717) is 0 Å². The molecule has 1 unspecified atom stereocenters. The number of hydrogen-bond donors (Lipinski definition) is 1. The second kappa shape index (κ2) is 9.56. The zero-order chi connectivity index (χ0) is 28.3. The molecule has 5 aromatic rings. The number of nitrogens with one attached hydrogen (secondary N) is 1. The average molecular weight is 546 g/mol. The summed E-state index contributed by atoms with van der Waals surface area (Å²) in [5.41, 5.74) is 13.4. The Morgan fingerprint density at radius 3 is 2.48 bits per heavy atom. The van der Waals surface area contributed by atoms with Gasteiger partial charge in [0.15, 0.2) is 0 Å². The fourth-order valence-corrected chi connectivity index (χ4v) is 6.66. The van der Waals surface area contributed by atoms with E-state index >= 15 is 0 Å². The van der Waals surface area contributed by atoms with E-state index < -0.39 is 0 Å². The third-order valence-electron chi connectivity index (χ3n) is 8.89. The molecule has 0 saturated carbocycles. The van der Waals surface area contributed by atoms with Crippen LogP contribution in [0.15, 0.2) is 131 Å². The molecule has 4 heteroatoms. The summed E-state index contributed by atoms with van der Waals surface area (Å²) in [6.45, 7) is 4.69. The maximum absolute atomic E-state index is 5.85. The van der Waals surface area contributed by atoms with Crippen molar-refractivity contribution >= 4 is 22.4 Å². The third kappa shape index (κ3) is 3.98. The second-order valence-corrected chi connectivity index (χ2v) is 11.8. The lowest BCUT2D eigenvalue weighted by Gasteiger charge is -2.30. The van der Waals surface area contributed by atoms with E-state index in [0.717, 1.165) is 46.5 Å². The van der Waals surface area contributed by atoms with Crippen LogP contribution in [0.2, 0.25) is 0 Å². The van der Waals surface area contributed by atoms with Gasteiger partial charge in [-0.2, -0.15) is 0 Å².